The zero-order valence-corrected chi connectivity index (χ0v) is 17.0. The highest BCUT2D eigenvalue weighted by Crippen LogP contribution is 2.31. The Kier molecular flexibility index (Phi) is 6.50. The Bertz CT molecular complexity index is 562. The number of hydrogen-bond acceptors (Lipinski definition) is 6. The Morgan fingerprint density at radius 1 is 1.07 bits per heavy atom. The van der Waals surface area contributed by atoms with Crippen molar-refractivity contribution in [2.75, 3.05) is 59.7 Å². The summed E-state index contributed by atoms with van der Waals surface area (Å²) in [5.41, 5.74) is 0. The van der Waals surface area contributed by atoms with Crippen LogP contribution >= 0.6 is 0 Å². The maximum absolute atomic E-state index is 12.9. The topological polar surface area (TPSA) is 74.4 Å². The lowest BCUT2D eigenvalue weighted by molar-refractivity contribution is -0.135. The standard InChI is InChI=1S/C20H34N4O4/c1-22-16(2-3-18(25)23-8-12-28-13-9-23)14-21-20(26)19-17(22)4-7-24(19)15-5-10-27-11-6-15/h15-17,19H,2-14H2,1H3,(H,21,26). The van der Waals surface area contributed by atoms with Gasteiger partial charge in [0.25, 0.3) is 0 Å². The summed E-state index contributed by atoms with van der Waals surface area (Å²) in [5.74, 6) is 0.363. The summed E-state index contributed by atoms with van der Waals surface area (Å²) < 4.78 is 10.8. The van der Waals surface area contributed by atoms with Gasteiger partial charge in [-0.2, -0.15) is 0 Å². The number of carbonyl (C=O) groups is 2. The fraction of sp³-hybridized carbons (Fsp3) is 0.900. The van der Waals surface area contributed by atoms with Crippen molar-refractivity contribution in [3.8, 4) is 0 Å². The lowest BCUT2D eigenvalue weighted by atomic mass is 10.0. The third-order valence-electron chi connectivity index (χ3n) is 7.00. The molecule has 0 aliphatic carbocycles. The summed E-state index contributed by atoms with van der Waals surface area (Å²) in [7, 11) is 2.13. The first-order valence-corrected chi connectivity index (χ1v) is 10.8. The van der Waals surface area contributed by atoms with Gasteiger partial charge in [-0.3, -0.25) is 19.4 Å². The van der Waals surface area contributed by atoms with E-state index in [9.17, 15) is 9.59 Å². The molecule has 4 heterocycles. The first-order valence-electron chi connectivity index (χ1n) is 10.8. The van der Waals surface area contributed by atoms with Crippen molar-refractivity contribution in [1.82, 2.24) is 20.0 Å². The third kappa shape index (κ3) is 4.20. The molecule has 158 valence electrons. The summed E-state index contributed by atoms with van der Waals surface area (Å²) in [6.07, 6.45) is 4.36. The monoisotopic (exact) mass is 394 g/mol. The van der Waals surface area contributed by atoms with Gasteiger partial charge >= 0.3 is 0 Å². The fourth-order valence-electron chi connectivity index (χ4n) is 5.28. The summed E-state index contributed by atoms with van der Waals surface area (Å²) in [5, 5.41) is 3.17. The number of ether oxygens (including phenoxy) is 2. The van der Waals surface area contributed by atoms with Crippen LogP contribution in [0.4, 0.5) is 0 Å². The number of nitrogens with zero attached hydrogens (tertiary/aromatic N) is 3. The SMILES string of the molecule is CN1C(CCC(=O)N2CCOCC2)CNC(=O)C2C1CCN2C1CCOCC1. The van der Waals surface area contributed by atoms with Crippen molar-refractivity contribution in [3.63, 3.8) is 0 Å². The molecule has 0 spiro atoms. The molecular weight excluding hydrogens is 360 g/mol. The van der Waals surface area contributed by atoms with Crippen LogP contribution in [0.25, 0.3) is 0 Å². The first-order chi connectivity index (χ1) is 13.6. The molecule has 4 fully saturated rings. The van der Waals surface area contributed by atoms with Crippen LogP contribution in [0.5, 0.6) is 0 Å². The van der Waals surface area contributed by atoms with Gasteiger partial charge in [-0.1, -0.05) is 0 Å². The normalized spacial score (nSPS) is 33.4. The van der Waals surface area contributed by atoms with Crippen molar-refractivity contribution >= 4 is 11.8 Å². The lowest BCUT2D eigenvalue weighted by Crippen LogP contribution is -2.53. The van der Waals surface area contributed by atoms with Crippen LogP contribution in [-0.2, 0) is 19.1 Å². The van der Waals surface area contributed by atoms with Gasteiger partial charge in [0.15, 0.2) is 0 Å². The molecule has 0 aromatic carbocycles. The number of carbonyl (C=O) groups excluding carboxylic acids is 2. The van der Waals surface area contributed by atoms with Gasteiger partial charge in [0.05, 0.1) is 13.2 Å². The van der Waals surface area contributed by atoms with Crippen LogP contribution in [0.1, 0.15) is 32.1 Å². The van der Waals surface area contributed by atoms with Crippen LogP contribution in [-0.4, -0.2) is 110 Å². The zero-order chi connectivity index (χ0) is 19.5. The van der Waals surface area contributed by atoms with Gasteiger partial charge < -0.3 is 19.7 Å². The predicted molar refractivity (Wildman–Crippen MR) is 104 cm³/mol. The molecule has 1 N–H and O–H groups in total. The predicted octanol–water partition coefficient (Wildman–Crippen LogP) is -0.322. The van der Waals surface area contributed by atoms with Crippen LogP contribution in [0.2, 0.25) is 0 Å². The molecule has 8 nitrogen and oxygen atoms in total. The van der Waals surface area contributed by atoms with E-state index in [-0.39, 0.29) is 29.9 Å². The Morgan fingerprint density at radius 3 is 2.54 bits per heavy atom. The molecule has 4 saturated heterocycles. The summed E-state index contributed by atoms with van der Waals surface area (Å²) in [6, 6.07) is 0.808. The molecule has 28 heavy (non-hydrogen) atoms. The second-order valence-electron chi connectivity index (χ2n) is 8.48. The van der Waals surface area contributed by atoms with Crippen molar-refractivity contribution in [3.05, 3.63) is 0 Å². The average Bonchev–Trinajstić information content (AvgIpc) is 3.15. The van der Waals surface area contributed by atoms with Crippen molar-refractivity contribution in [2.24, 2.45) is 0 Å². The molecule has 4 aliphatic rings. The maximum Gasteiger partial charge on any atom is 0.239 e. The molecule has 4 aliphatic heterocycles. The third-order valence-corrected chi connectivity index (χ3v) is 7.00. The molecular formula is C20H34N4O4. The van der Waals surface area contributed by atoms with E-state index in [0.717, 1.165) is 45.4 Å². The minimum atomic E-state index is -0.0759. The molecule has 0 bridgehead atoms. The van der Waals surface area contributed by atoms with Gasteiger partial charge in [0.1, 0.15) is 6.04 Å². The number of likely N-dealkylation sites (N-methyl/N-ethyl adjacent to an activating group) is 1. The molecule has 0 aromatic rings. The van der Waals surface area contributed by atoms with E-state index in [1.54, 1.807) is 0 Å². The summed E-state index contributed by atoms with van der Waals surface area (Å²) in [4.78, 5) is 32.1. The molecule has 3 atom stereocenters. The van der Waals surface area contributed by atoms with Crippen LogP contribution < -0.4 is 5.32 Å². The van der Waals surface area contributed by atoms with Gasteiger partial charge in [-0.25, -0.2) is 0 Å². The highest BCUT2D eigenvalue weighted by atomic mass is 16.5. The minimum Gasteiger partial charge on any atom is -0.381 e. The quantitative estimate of drug-likeness (QED) is 0.704. The second-order valence-corrected chi connectivity index (χ2v) is 8.48. The fourth-order valence-corrected chi connectivity index (χ4v) is 5.28. The molecule has 4 rings (SSSR count). The maximum atomic E-state index is 12.9. The summed E-state index contributed by atoms with van der Waals surface area (Å²) in [6.45, 7) is 5.84. The number of rotatable bonds is 4. The first kappa shape index (κ1) is 20.1. The zero-order valence-electron chi connectivity index (χ0n) is 17.0. The highest BCUT2D eigenvalue weighted by molar-refractivity contribution is 5.83. The Labute approximate surface area is 167 Å². The van der Waals surface area contributed by atoms with E-state index in [2.05, 4.69) is 22.2 Å². The molecule has 0 saturated carbocycles. The molecule has 0 radical (unpaired) electrons. The molecule has 2 amide bonds. The van der Waals surface area contributed by atoms with E-state index < -0.39 is 0 Å². The van der Waals surface area contributed by atoms with Crippen LogP contribution in [0.15, 0.2) is 0 Å². The van der Waals surface area contributed by atoms with E-state index >= 15 is 0 Å². The van der Waals surface area contributed by atoms with Gasteiger partial charge in [-0.15, -0.1) is 0 Å². The number of likely N-dealkylation sites (tertiary alicyclic amines) is 1. The Morgan fingerprint density at radius 2 is 1.79 bits per heavy atom. The number of morpholine rings is 1. The molecule has 3 unspecified atom stereocenters. The Balaban J connectivity index is 1.37. The summed E-state index contributed by atoms with van der Waals surface area (Å²) >= 11 is 0. The molecule has 8 heteroatoms. The van der Waals surface area contributed by atoms with E-state index in [1.165, 1.54) is 0 Å². The molecule has 0 aromatic heterocycles. The van der Waals surface area contributed by atoms with Gasteiger partial charge in [0, 0.05) is 63.9 Å². The number of amides is 2. The Hall–Kier alpha value is -1.22. The van der Waals surface area contributed by atoms with E-state index in [1.807, 2.05) is 4.90 Å². The van der Waals surface area contributed by atoms with Crippen molar-refractivity contribution in [1.29, 1.82) is 0 Å². The van der Waals surface area contributed by atoms with Gasteiger partial charge in [-0.05, 0) is 32.7 Å². The largest absolute Gasteiger partial charge is 0.381 e. The highest BCUT2D eigenvalue weighted by Gasteiger charge is 2.47. The van der Waals surface area contributed by atoms with E-state index in [0.29, 0.717) is 45.3 Å². The average molecular weight is 395 g/mol. The van der Waals surface area contributed by atoms with E-state index in [4.69, 9.17) is 9.47 Å². The lowest BCUT2D eigenvalue weighted by Gasteiger charge is -2.37. The number of hydrogen-bond donors (Lipinski definition) is 1. The van der Waals surface area contributed by atoms with Crippen LogP contribution in [0, 0.1) is 0 Å². The van der Waals surface area contributed by atoms with Crippen LogP contribution in [0.3, 0.4) is 0 Å². The number of fused-ring (bicyclic) bond motifs is 1. The van der Waals surface area contributed by atoms with Crippen molar-refractivity contribution in [2.45, 2.75) is 56.3 Å². The van der Waals surface area contributed by atoms with Crippen molar-refractivity contribution < 1.29 is 19.1 Å². The number of nitrogens with one attached hydrogen (secondary N) is 1. The minimum absolute atomic E-state index is 0.0759. The van der Waals surface area contributed by atoms with Gasteiger partial charge in [0.2, 0.25) is 11.8 Å². The smallest absolute Gasteiger partial charge is 0.239 e. The second kappa shape index (κ2) is 9.07.